The molecule has 0 bridgehead atoms. The normalized spacial score (nSPS) is 18.9. The third-order valence-corrected chi connectivity index (χ3v) is 10.4. The molecule has 0 radical (unpaired) electrons. The Balaban J connectivity index is 1.22. The van der Waals surface area contributed by atoms with Gasteiger partial charge in [-0.25, -0.2) is 13.1 Å². The predicted molar refractivity (Wildman–Crippen MR) is 188 cm³/mol. The number of nitrogens with zero attached hydrogens (tertiary/aromatic N) is 1. The lowest BCUT2D eigenvalue weighted by Crippen LogP contribution is -2.38. The zero-order valence-corrected chi connectivity index (χ0v) is 28.1. The molecule has 1 aliphatic rings. The monoisotopic (exact) mass is 662 g/mol. The average Bonchev–Trinajstić information content (AvgIpc) is 3.14. The molecule has 1 heterocycles. The molecule has 2 N–H and O–H groups in total. The van der Waals surface area contributed by atoms with Crippen LogP contribution in [0, 0.1) is 0 Å². The van der Waals surface area contributed by atoms with Crippen molar-refractivity contribution in [1.29, 1.82) is 0 Å². The van der Waals surface area contributed by atoms with Crippen LogP contribution in [-0.2, 0) is 32.6 Å². The van der Waals surface area contributed by atoms with E-state index in [1.165, 1.54) is 5.56 Å². The van der Waals surface area contributed by atoms with Gasteiger partial charge in [-0.05, 0) is 71.6 Å². The van der Waals surface area contributed by atoms with E-state index in [1.807, 2.05) is 72.8 Å². The number of benzene rings is 5. The van der Waals surface area contributed by atoms with Crippen molar-refractivity contribution in [3.8, 4) is 11.1 Å². The van der Waals surface area contributed by atoms with Crippen LogP contribution in [0.4, 0.5) is 0 Å². The van der Waals surface area contributed by atoms with Crippen molar-refractivity contribution in [1.82, 2.24) is 9.62 Å². The maximum atomic E-state index is 12.8. The number of nitrogens with one attached hydrogen (secondary N) is 1. The van der Waals surface area contributed by atoms with E-state index >= 15 is 0 Å². The summed E-state index contributed by atoms with van der Waals surface area (Å²) in [6.45, 7) is 3.10. The predicted octanol–water partition coefficient (Wildman–Crippen LogP) is 7.56. The number of sulfonamides is 1. The van der Waals surface area contributed by atoms with Crippen molar-refractivity contribution < 1.29 is 23.0 Å². The van der Waals surface area contributed by atoms with E-state index in [2.05, 4.69) is 53.9 Å². The Morgan fingerprint density at radius 1 is 0.771 bits per heavy atom. The molecular formula is C40H42N2O5S. The van der Waals surface area contributed by atoms with E-state index < -0.39 is 16.3 Å². The van der Waals surface area contributed by atoms with Gasteiger partial charge < -0.3 is 14.6 Å². The molecule has 5 aromatic rings. The number of rotatable bonds is 12. The number of hydrogen-bond donors (Lipinski definition) is 2. The van der Waals surface area contributed by atoms with Crippen molar-refractivity contribution in [2.45, 2.75) is 55.9 Å². The molecule has 0 aromatic heterocycles. The fourth-order valence-electron chi connectivity index (χ4n) is 6.09. The lowest BCUT2D eigenvalue weighted by molar-refractivity contribution is -0.253. The smallest absolute Gasteiger partial charge is 0.240 e. The second-order valence-electron chi connectivity index (χ2n) is 12.3. The largest absolute Gasteiger partial charge is 0.392 e. The van der Waals surface area contributed by atoms with Gasteiger partial charge in [0.15, 0.2) is 6.29 Å². The standard InChI is InChI=1S/C40H42N2O5S/c1-29(32-12-5-3-6-13-32)42(2)27-37-25-39(33-21-19-30(28-43)20-22-33)47-40(46-37)36-16-10-15-35(24-36)34-14-9-11-31(23-34)26-41-48(44,45)38-17-7-4-8-18-38/h3-24,29,37,39-41,43H,25-28H2,1-2H3/t29-,37+,39-,40-/m0/s1. The zero-order chi connectivity index (χ0) is 33.5. The highest BCUT2D eigenvalue weighted by atomic mass is 32.2. The molecule has 0 unspecified atom stereocenters. The van der Waals surface area contributed by atoms with E-state index in [0.717, 1.165) is 39.9 Å². The molecule has 7 nitrogen and oxygen atoms in total. The summed E-state index contributed by atoms with van der Waals surface area (Å²) in [6, 6.07) is 43.0. The first-order valence-electron chi connectivity index (χ1n) is 16.3. The van der Waals surface area contributed by atoms with Crippen LogP contribution in [0.15, 0.2) is 138 Å². The molecule has 1 aliphatic heterocycles. The molecule has 5 aromatic carbocycles. The minimum absolute atomic E-state index is 0.00473. The van der Waals surface area contributed by atoms with Gasteiger partial charge in [0.05, 0.1) is 23.7 Å². The minimum atomic E-state index is -3.62. The van der Waals surface area contributed by atoms with Crippen molar-refractivity contribution in [2.24, 2.45) is 0 Å². The number of ether oxygens (including phenoxy) is 2. The third-order valence-electron chi connectivity index (χ3n) is 8.99. The molecule has 6 rings (SSSR count). The van der Waals surface area contributed by atoms with Gasteiger partial charge in [0.2, 0.25) is 10.0 Å². The number of likely N-dealkylation sites (N-methyl/N-ethyl adjacent to an activating group) is 1. The number of aliphatic hydroxyl groups excluding tert-OH is 1. The van der Waals surface area contributed by atoms with Gasteiger partial charge in [0.1, 0.15) is 0 Å². The van der Waals surface area contributed by atoms with Gasteiger partial charge in [-0.15, -0.1) is 0 Å². The molecule has 0 aliphatic carbocycles. The second-order valence-corrected chi connectivity index (χ2v) is 14.1. The van der Waals surface area contributed by atoms with E-state index in [-0.39, 0.29) is 36.3 Å². The highest BCUT2D eigenvalue weighted by Crippen LogP contribution is 2.39. The average molecular weight is 663 g/mol. The minimum Gasteiger partial charge on any atom is -0.392 e. The summed E-state index contributed by atoms with van der Waals surface area (Å²) in [5.74, 6) is 0. The van der Waals surface area contributed by atoms with Gasteiger partial charge in [0, 0.05) is 31.1 Å². The summed E-state index contributed by atoms with van der Waals surface area (Å²) >= 11 is 0. The molecule has 4 atom stereocenters. The molecular weight excluding hydrogens is 621 g/mol. The summed E-state index contributed by atoms with van der Waals surface area (Å²) < 4.78 is 41.6. The fraction of sp³-hybridized carbons (Fsp3) is 0.250. The summed E-state index contributed by atoms with van der Waals surface area (Å²) in [5, 5.41) is 9.58. The maximum absolute atomic E-state index is 12.8. The SMILES string of the molecule is C[C@@H](c1ccccc1)N(C)C[C@H]1C[C@@H](c2ccc(CO)cc2)O[C@@H](c2cccc(-c3cccc(CNS(=O)(=O)c4ccccc4)c3)c2)O1. The van der Waals surface area contributed by atoms with Crippen LogP contribution in [-0.4, -0.2) is 38.1 Å². The number of hydrogen-bond acceptors (Lipinski definition) is 6. The first-order valence-corrected chi connectivity index (χ1v) is 17.8. The van der Waals surface area contributed by atoms with E-state index in [1.54, 1.807) is 30.3 Å². The van der Waals surface area contributed by atoms with Crippen molar-refractivity contribution in [2.75, 3.05) is 13.6 Å². The molecule has 1 fully saturated rings. The third kappa shape index (κ3) is 8.28. The Bertz CT molecular complexity index is 1880. The van der Waals surface area contributed by atoms with Crippen LogP contribution in [0.3, 0.4) is 0 Å². The van der Waals surface area contributed by atoms with Crippen LogP contribution in [0.25, 0.3) is 11.1 Å². The number of aliphatic hydroxyl groups is 1. The van der Waals surface area contributed by atoms with E-state index in [9.17, 15) is 13.5 Å². The summed E-state index contributed by atoms with van der Waals surface area (Å²) in [5.41, 5.74) is 6.86. The van der Waals surface area contributed by atoms with Crippen LogP contribution in [0.1, 0.15) is 59.6 Å². The molecule has 0 saturated carbocycles. The van der Waals surface area contributed by atoms with E-state index in [0.29, 0.717) is 6.42 Å². The maximum Gasteiger partial charge on any atom is 0.240 e. The molecule has 248 valence electrons. The van der Waals surface area contributed by atoms with Gasteiger partial charge >= 0.3 is 0 Å². The highest BCUT2D eigenvalue weighted by molar-refractivity contribution is 7.89. The van der Waals surface area contributed by atoms with Crippen molar-refractivity contribution in [3.63, 3.8) is 0 Å². The second kappa shape index (κ2) is 15.4. The van der Waals surface area contributed by atoms with Crippen LogP contribution < -0.4 is 4.72 Å². The quantitative estimate of drug-likeness (QED) is 0.143. The molecule has 0 spiro atoms. The molecule has 1 saturated heterocycles. The lowest BCUT2D eigenvalue weighted by Gasteiger charge is -2.39. The summed E-state index contributed by atoms with van der Waals surface area (Å²) in [6.07, 6.45) is -0.173. The highest BCUT2D eigenvalue weighted by Gasteiger charge is 2.33. The fourth-order valence-corrected chi connectivity index (χ4v) is 7.12. The zero-order valence-electron chi connectivity index (χ0n) is 27.3. The summed E-state index contributed by atoms with van der Waals surface area (Å²) in [7, 11) is -1.49. The Morgan fingerprint density at radius 3 is 2.15 bits per heavy atom. The molecule has 8 heteroatoms. The van der Waals surface area contributed by atoms with E-state index in [4.69, 9.17) is 9.47 Å². The Kier molecular flexibility index (Phi) is 10.8. The lowest BCUT2D eigenvalue weighted by atomic mass is 9.98. The Hall–Kier alpha value is -4.15. The first-order chi connectivity index (χ1) is 23.3. The topological polar surface area (TPSA) is 88.1 Å². The Morgan fingerprint density at radius 2 is 1.44 bits per heavy atom. The van der Waals surface area contributed by atoms with Crippen molar-refractivity contribution >= 4 is 10.0 Å². The molecule has 48 heavy (non-hydrogen) atoms. The van der Waals surface area contributed by atoms with Gasteiger partial charge in [-0.2, -0.15) is 0 Å². The first kappa shape index (κ1) is 33.7. The summed E-state index contributed by atoms with van der Waals surface area (Å²) in [4.78, 5) is 2.56. The van der Waals surface area contributed by atoms with Gasteiger partial charge in [0.25, 0.3) is 0 Å². The van der Waals surface area contributed by atoms with Crippen LogP contribution >= 0.6 is 0 Å². The van der Waals surface area contributed by atoms with Gasteiger partial charge in [-0.3, -0.25) is 4.90 Å². The van der Waals surface area contributed by atoms with Gasteiger partial charge in [-0.1, -0.05) is 109 Å². The van der Waals surface area contributed by atoms with Crippen molar-refractivity contribution in [3.05, 3.63) is 161 Å². The molecule has 0 amide bonds. The Labute approximate surface area is 283 Å². The van der Waals surface area contributed by atoms with Crippen LogP contribution in [0.5, 0.6) is 0 Å². The van der Waals surface area contributed by atoms with Crippen LogP contribution in [0.2, 0.25) is 0 Å².